The van der Waals surface area contributed by atoms with Crippen LogP contribution in [0.25, 0.3) is 0 Å². The van der Waals surface area contributed by atoms with Gasteiger partial charge in [-0.1, -0.05) is 18.2 Å². The highest BCUT2D eigenvalue weighted by atomic mass is 16.4. The van der Waals surface area contributed by atoms with Crippen LogP contribution in [0.4, 0.5) is 5.69 Å². The van der Waals surface area contributed by atoms with E-state index in [4.69, 9.17) is 0 Å². The van der Waals surface area contributed by atoms with Gasteiger partial charge in [-0.2, -0.15) is 0 Å². The molecule has 0 saturated carbocycles. The minimum Gasteiger partial charge on any atom is -0.548 e. The monoisotopic (exact) mass is 257 g/mol. The summed E-state index contributed by atoms with van der Waals surface area (Å²) >= 11 is 0. The molecule has 0 radical (unpaired) electrons. The largest absolute Gasteiger partial charge is 0.548 e. The molecular weight excluding hydrogens is 246 g/mol. The number of carbonyl (C=O) groups excluding carboxylic acids is 2. The molecule has 2 aliphatic rings. The molecule has 0 fully saturated rings. The standard InChI is InChI=1S/C14H13NO4/c16-13(17)7-4-5-11-10(6-7)8-2-1-3-9(8)12(15-11)14(18)19/h1-2,4-6,8-9,12,15H,3H2,(H,16,17)(H,18,19)/p-2. The number of nitrogens with one attached hydrogen (secondary N) is 1. The van der Waals surface area contributed by atoms with Crippen molar-refractivity contribution >= 4 is 17.6 Å². The molecule has 1 aromatic rings. The smallest absolute Gasteiger partial charge is 0.0715 e. The van der Waals surface area contributed by atoms with Crippen molar-refractivity contribution in [3.05, 3.63) is 41.5 Å². The molecule has 5 nitrogen and oxygen atoms in total. The fraction of sp³-hybridized carbons (Fsp3) is 0.286. The van der Waals surface area contributed by atoms with Gasteiger partial charge in [-0.3, -0.25) is 0 Å². The van der Waals surface area contributed by atoms with Crippen molar-refractivity contribution in [2.24, 2.45) is 5.92 Å². The molecule has 3 atom stereocenters. The number of hydrogen-bond acceptors (Lipinski definition) is 5. The van der Waals surface area contributed by atoms with Crippen molar-refractivity contribution in [1.29, 1.82) is 0 Å². The van der Waals surface area contributed by atoms with Crippen molar-refractivity contribution in [2.75, 3.05) is 5.32 Å². The third kappa shape index (κ3) is 1.78. The zero-order valence-electron chi connectivity index (χ0n) is 9.96. The van der Waals surface area contributed by atoms with Crippen LogP contribution in [0.15, 0.2) is 30.4 Å². The molecule has 98 valence electrons. The number of allylic oxidation sites excluding steroid dienone is 2. The van der Waals surface area contributed by atoms with E-state index in [1.54, 1.807) is 12.1 Å². The van der Waals surface area contributed by atoms with Crippen LogP contribution in [0.1, 0.15) is 28.3 Å². The first-order chi connectivity index (χ1) is 9.08. The summed E-state index contributed by atoms with van der Waals surface area (Å²) in [5.41, 5.74) is 1.55. The van der Waals surface area contributed by atoms with Gasteiger partial charge in [0.2, 0.25) is 0 Å². The number of benzene rings is 1. The van der Waals surface area contributed by atoms with Crippen molar-refractivity contribution in [3.63, 3.8) is 0 Å². The highest BCUT2D eigenvalue weighted by Crippen LogP contribution is 2.44. The number of carbonyl (C=O) groups is 2. The molecule has 0 aromatic heterocycles. The number of anilines is 1. The third-order valence-electron chi connectivity index (χ3n) is 3.85. The van der Waals surface area contributed by atoms with Crippen LogP contribution in [-0.2, 0) is 4.79 Å². The Morgan fingerprint density at radius 3 is 2.74 bits per heavy atom. The lowest BCUT2D eigenvalue weighted by molar-refractivity contribution is -0.308. The summed E-state index contributed by atoms with van der Waals surface area (Å²) in [5, 5.41) is 25.0. The number of rotatable bonds is 2. The van der Waals surface area contributed by atoms with Gasteiger partial charge in [0.05, 0.1) is 18.0 Å². The first-order valence-corrected chi connectivity index (χ1v) is 6.07. The van der Waals surface area contributed by atoms with Gasteiger partial charge in [-0.05, 0) is 35.6 Å². The molecule has 3 unspecified atom stereocenters. The Balaban J connectivity index is 2.08. The molecule has 3 rings (SSSR count). The van der Waals surface area contributed by atoms with Crippen molar-refractivity contribution < 1.29 is 19.8 Å². The molecule has 1 N–H and O–H groups in total. The molecule has 0 spiro atoms. The number of aliphatic carboxylic acids is 1. The Bertz CT molecular complexity index is 593. The minimum atomic E-state index is -1.23. The molecule has 0 saturated heterocycles. The molecular formula is C14H11NO4-2. The maximum atomic E-state index is 11.2. The number of fused-ring (bicyclic) bond motifs is 3. The van der Waals surface area contributed by atoms with Crippen LogP contribution < -0.4 is 15.5 Å². The first kappa shape index (κ1) is 11.8. The summed E-state index contributed by atoms with van der Waals surface area (Å²) in [7, 11) is 0. The van der Waals surface area contributed by atoms with Crippen LogP contribution in [0.5, 0.6) is 0 Å². The molecule has 5 heteroatoms. The van der Waals surface area contributed by atoms with Gasteiger partial charge in [-0.25, -0.2) is 0 Å². The summed E-state index contributed by atoms with van der Waals surface area (Å²) in [4.78, 5) is 22.1. The van der Waals surface area contributed by atoms with Crippen LogP contribution in [0.3, 0.4) is 0 Å². The molecule has 19 heavy (non-hydrogen) atoms. The number of carboxylic acid groups (broad SMARTS) is 2. The van der Waals surface area contributed by atoms with Gasteiger partial charge in [0, 0.05) is 11.6 Å². The van der Waals surface area contributed by atoms with Gasteiger partial charge < -0.3 is 25.1 Å². The van der Waals surface area contributed by atoms with Crippen molar-refractivity contribution in [2.45, 2.75) is 18.4 Å². The number of carboxylic acids is 2. The van der Waals surface area contributed by atoms with Crippen LogP contribution in [0.2, 0.25) is 0 Å². The van der Waals surface area contributed by atoms with Gasteiger partial charge in [0.25, 0.3) is 0 Å². The van der Waals surface area contributed by atoms with Crippen LogP contribution in [0, 0.1) is 5.92 Å². The predicted molar refractivity (Wildman–Crippen MR) is 63.2 cm³/mol. The van der Waals surface area contributed by atoms with E-state index in [1.165, 1.54) is 6.07 Å². The predicted octanol–water partition coefficient (Wildman–Crippen LogP) is -0.746. The quantitative estimate of drug-likeness (QED) is 0.704. The zero-order valence-corrected chi connectivity index (χ0v) is 9.96. The molecule has 0 amide bonds. The topological polar surface area (TPSA) is 92.3 Å². The molecule has 1 heterocycles. The lowest BCUT2D eigenvalue weighted by Crippen LogP contribution is -2.48. The summed E-state index contributed by atoms with van der Waals surface area (Å²) in [6.45, 7) is 0. The van der Waals surface area contributed by atoms with E-state index in [9.17, 15) is 19.8 Å². The summed E-state index contributed by atoms with van der Waals surface area (Å²) in [6.07, 6.45) is 4.50. The molecule has 1 aliphatic carbocycles. The van der Waals surface area contributed by atoms with E-state index in [0.717, 1.165) is 5.56 Å². The summed E-state index contributed by atoms with van der Waals surface area (Å²) in [6, 6.07) is 3.79. The van der Waals surface area contributed by atoms with Gasteiger partial charge in [0.1, 0.15) is 0 Å². The third-order valence-corrected chi connectivity index (χ3v) is 3.85. The summed E-state index contributed by atoms with van der Waals surface area (Å²) < 4.78 is 0. The Morgan fingerprint density at radius 1 is 1.26 bits per heavy atom. The van der Waals surface area contributed by atoms with Gasteiger partial charge in [-0.15, -0.1) is 0 Å². The highest BCUT2D eigenvalue weighted by molar-refractivity contribution is 5.88. The second kappa shape index (κ2) is 4.12. The zero-order chi connectivity index (χ0) is 13.6. The van der Waals surface area contributed by atoms with Gasteiger partial charge >= 0.3 is 0 Å². The second-order valence-electron chi connectivity index (χ2n) is 4.88. The lowest BCUT2D eigenvalue weighted by Gasteiger charge is -2.37. The molecule has 1 aliphatic heterocycles. The Labute approximate surface area is 109 Å². The van der Waals surface area contributed by atoms with Crippen molar-refractivity contribution in [3.8, 4) is 0 Å². The fourth-order valence-corrected chi connectivity index (χ4v) is 2.95. The maximum Gasteiger partial charge on any atom is 0.0715 e. The average Bonchev–Trinajstić information content (AvgIpc) is 2.86. The number of aromatic carboxylic acids is 1. The normalized spacial score (nSPS) is 27.3. The van der Waals surface area contributed by atoms with Crippen LogP contribution >= 0.6 is 0 Å². The van der Waals surface area contributed by atoms with E-state index < -0.39 is 18.0 Å². The van der Waals surface area contributed by atoms with E-state index >= 15 is 0 Å². The lowest BCUT2D eigenvalue weighted by atomic mass is 9.79. The maximum absolute atomic E-state index is 11.2. The van der Waals surface area contributed by atoms with Crippen molar-refractivity contribution in [1.82, 2.24) is 0 Å². The highest BCUT2D eigenvalue weighted by Gasteiger charge is 2.37. The second-order valence-corrected chi connectivity index (χ2v) is 4.88. The van der Waals surface area contributed by atoms with E-state index in [2.05, 4.69) is 5.32 Å². The van der Waals surface area contributed by atoms with Gasteiger partial charge in [0.15, 0.2) is 0 Å². The molecule has 0 bridgehead atoms. The SMILES string of the molecule is O=C([O-])c1ccc2c(c1)C1C=CCC1C(C(=O)[O-])N2. The van der Waals surface area contributed by atoms with Crippen LogP contribution in [-0.4, -0.2) is 18.0 Å². The Morgan fingerprint density at radius 2 is 2.05 bits per heavy atom. The van der Waals surface area contributed by atoms with E-state index in [-0.39, 0.29) is 17.4 Å². The van der Waals surface area contributed by atoms with E-state index in [0.29, 0.717) is 12.1 Å². The average molecular weight is 257 g/mol. The minimum absolute atomic E-state index is 0.0848. The van der Waals surface area contributed by atoms with E-state index in [1.807, 2.05) is 12.2 Å². The Kier molecular flexibility index (Phi) is 2.55. The number of hydrogen-bond donors (Lipinski definition) is 1. The Hall–Kier alpha value is -2.30. The fourth-order valence-electron chi connectivity index (χ4n) is 2.95. The summed E-state index contributed by atoms with van der Waals surface area (Å²) in [5.74, 6) is -2.58. The first-order valence-electron chi connectivity index (χ1n) is 6.07. The molecule has 1 aromatic carbocycles.